The van der Waals surface area contributed by atoms with E-state index in [0.29, 0.717) is 0 Å². The van der Waals surface area contributed by atoms with Gasteiger partial charge in [0.05, 0.1) is 0 Å². The molecule has 0 saturated heterocycles. The minimum absolute atomic E-state index is 0.201. The molecule has 0 aliphatic heterocycles. The Hall–Kier alpha value is -1.32. The number of benzene rings is 2. The van der Waals surface area contributed by atoms with Crippen LogP contribution in [0.4, 0.5) is 4.39 Å². The zero-order valence-electron chi connectivity index (χ0n) is 11.0. The first-order chi connectivity index (χ1) is 9.17. The molecule has 0 bridgehead atoms. The molecule has 0 aliphatic rings. The Morgan fingerprint density at radius 2 is 1.53 bits per heavy atom. The van der Waals surface area contributed by atoms with Crippen molar-refractivity contribution in [3.05, 3.63) is 59.9 Å². The van der Waals surface area contributed by atoms with E-state index in [4.69, 9.17) is 5.73 Å². The molecule has 1 nitrogen and oxygen atoms in total. The highest BCUT2D eigenvalue weighted by molar-refractivity contribution is 7.99. The average Bonchev–Trinajstić information content (AvgIpc) is 2.43. The van der Waals surface area contributed by atoms with Gasteiger partial charge in [-0.15, -0.1) is 0 Å². The summed E-state index contributed by atoms with van der Waals surface area (Å²) in [6.45, 7) is 2.10. The van der Waals surface area contributed by atoms with Crippen LogP contribution in [-0.2, 0) is 6.42 Å². The maximum absolute atomic E-state index is 12.8. The van der Waals surface area contributed by atoms with Crippen LogP contribution in [-0.4, -0.2) is 6.04 Å². The molecule has 2 aromatic rings. The third-order valence-corrected chi connectivity index (χ3v) is 4.01. The zero-order valence-corrected chi connectivity index (χ0v) is 11.8. The predicted molar refractivity (Wildman–Crippen MR) is 78.9 cm³/mol. The minimum atomic E-state index is -0.201. The third kappa shape index (κ3) is 4.37. The number of hydrogen-bond donors (Lipinski definition) is 1. The first kappa shape index (κ1) is 14.1. The lowest BCUT2D eigenvalue weighted by Crippen LogP contribution is -2.21. The van der Waals surface area contributed by atoms with Gasteiger partial charge in [0.15, 0.2) is 0 Å². The van der Waals surface area contributed by atoms with Gasteiger partial charge in [0.2, 0.25) is 0 Å². The van der Waals surface area contributed by atoms with Gasteiger partial charge in [0.25, 0.3) is 0 Å². The summed E-state index contributed by atoms with van der Waals surface area (Å²) >= 11 is 1.63. The molecule has 0 heterocycles. The molecule has 3 heteroatoms. The van der Waals surface area contributed by atoms with Crippen molar-refractivity contribution >= 4 is 11.8 Å². The van der Waals surface area contributed by atoms with Crippen molar-refractivity contribution < 1.29 is 4.39 Å². The van der Waals surface area contributed by atoms with Crippen LogP contribution in [0.1, 0.15) is 18.9 Å². The van der Waals surface area contributed by atoms with Gasteiger partial charge in [-0.1, -0.05) is 30.8 Å². The number of hydrogen-bond acceptors (Lipinski definition) is 2. The lowest BCUT2D eigenvalue weighted by molar-refractivity contribution is 0.626. The van der Waals surface area contributed by atoms with Gasteiger partial charge in [-0.3, -0.25) is 0 Å². The molecule has 100 valence electrons. The van der Waals surface area contributed by atoms with E-state index in [0.717, 1.165) is 22.6 Å². The number of nitrogens with two attached hydrogens (primary N) is 1. The van der Waals surface area contributed by atoms with Crippen molar-refractivity contribution in [3.63, 3.8) is 0 Å². The lowest BCUT2D eigenvalue weighted by Gasteiger charge is -2.09. The monoisotopic (exact) mass is 275 g/mol. The molecule has 0 fully saturated rings. The minimum Gasteiger partial charge on any atom is -0.327 e. The Morgan fingerprint density at radius 1 is 1.00 bits per heavy atom. The summed E-state index contributed by atoms with van der Waals surface area (Å²) in [6, 6.07) is 15.2. The van der Waals surface area contributed by atoms with Crippen molar-refractivity contribution in [3.8, 4) is 0 Å². The number of rotatable bonds is 5. The van der Waals surface area contributed by atoms with E-state index >= 15 is 0 Å². The van der Waals surface area contributed by atoms with Crippen LogP contribution in [0.3, 0.4) is 0 Å². The van der Waals surface area contributed by atoms with Crippen LogP contribution in [0.25, 0.3) is 0 Å². The van der Waals surface area contributed by atoms with Gasteiger partial charge in [-0.2, -0.15) is 0 Å². The first-order valence-electron chi connectivity index (χ1n) is 6.45. The Balaban J connectivity index is 2.00. The zero-order chi connectivity index (χ0) is 13.7. The maximum atomic E-state index is 12.8. The van der Waals surface area contributed by atoms with Crippen molar-refractivity contribution in [1.29, 1.82) is 0 Å². The van der Waals surface area contributed by atoms with Gasteiger partial charge in [0.1, 0.15) is 5.82 Å². The van der Waals surface area contributed by atoms with Gasteiger partial charge in [-0.25, -0.2) is 4.39 Å². The molecule has 0 radical (unpaired) electrons. The molecule has 19 heavy (non-hydrogen) atoms. The van der Waals surface area contributed by atoms with E-state index in [-0.39, 0.29) is 11.9 Å². The largest absolute Gasteiger partial charge is 0.327 e. The highest BCUT2D eigenvalue weighted by Gasteiger charge is 2.02. The summed E-state index contributed by atoms with van der Waals surface area (Å²) in [6.07, 6.45) is 1.91. The highest BCUT2D eigenvalue weighted by Crippen LogP contribution is 2.27. The second-order valence-corrected chi connectivity index (χ2v) is 5.72. The Morgan fingerprint density at radius 3 is 2.05 bits per heavy atom. The molecule has 0 amide bonds. The predicted octanol–water partition coefficient (Wildman–Crippen LogP) is 4.26. The fourth-order valence-electron chi connectivity index (χ4n) is 1.78. The van der Waals surface area contributed by atoms with Gasteiger partial charge < -0.3 is 5.73 Å². The lowest BCUT2D eigenvalue weighted by atomic mass is 10.1. The second-order valence-electron chi connectivity index (χ2n) is 4.57. The SMILES string of the molecule is CCC(N)Cc1ccc(Sc2ccc(F)cc2)cc1. The summed E-state index contributed by atoms with van der Waals surface area (Å²) in [7, 11) is 0. The summed E-state index contributed by atoms with van der Waals surface area (Å²) in [5.74, 6) is -0.201. The topological polar surface area (TPSA) is 26.0 Å². The molecule has 0 saturated carbocycles. The third-order valence-electron chi connectivity index (χ3n) is 2.99. The first-order valence-corrected chi connectivity index (χ1v) is 7.27. The standard InChI is InChI=1S/C16H18FNS/c1-2-14(18)11-12-3-7-15(8-4-12)19-16-9-5-13(17)6-10-16/h3-10,14H,2,11,18H2,1H3. The quantitative estimate of drug-likeness (QED) is 0.882. The van der Waals surface area contributed by atoms with Crippen molar-refractivity contribution in [2.75, 3.05) is 0 Å². The van der Waals surface area contributed by atoms with Gasteiger partial charge >= 0.3 is 0 Å². The van der Waals surface area contributed by atoms with Crippen molar-refractivity contribution in [2.45, 2.75) is 35.6 Å². The van der Waals surface area contributed by atoms with Crippen LogP contribution in [0.15, 0.2) is 58.3 Å². The molecule has 0 aromatic heterocycles. The van der Waals surface area contributed by atoms with Gasteiger partial charge in [-0.05, 0) is 54.8 Å². The van der Waals surface area contributed by atoms with E-state index in [2.05, 4.69) is 31.2 Å². The van der Waals surface area contributed by atoms with E-state index < -0.39 is 0 Å². The van der Waals surface area contributed by atoms with Crippen LogP contribution >= 0.6 is 11.8 Å². The molecule has 0 aliphatic carbocycles. The van der Waals surface area contributed by atoms with Crippen LogP contribution in [0, 0.1) is 5.82 Å². The van der Waals surface area contributed by atoms with Crippen molar-refractivity contribution in [1.82, 2.24) is 0 Å². The Bertz CT molecular complexity index is 507. The Kier molecular flexibility index (Phi) is 5.00. The average molecular weight is 275 g/mol. The fraction of sp³-hybridized carbons (Fsp3) is 0.250. The van der Waals surface area contributed by atoms with Crippen LogP contribution in [0.2, 0.25) is 0 Å². The maximum Gasteiger partial charge on any atom is 0.123 e. The normalized spacial score (nSPS) is 12.4. The smallest absolute Gasteiger partial charge is 0.123 e. The van der Waals surface area contributed by atoms with E-state index in [1.54, 1.807) is 23.9 Å². The summed E-state index contributed by atoms with van der Waals surface area (Å²) in [5, 5.41) is 0. The van der Waals surface area contributed by atoms with Gasteiger partial charge in [0, 0.05) is 15.8 Å². The molecule has 2 rings (SSSR count). The second kappa shape index (κ2) is 6.73. The summed E-state index contributed by atoms with van der Waals surface area (Å²) in [4.78, 5) is 2.19. The number of halogens is 1. The van der Waals surface area contributed by atoms with Crippen molar-refractivity contribution in [2.24, 2.45) is 5.73 Å². The fourth-order valence-corrected chi connectivity index (χ4v) is 2.60. The van der Waals surface area contributed by atoms with E-state index in [1.807, 2.05) is 0 Å². The molecular formula is C16H18FNS. The Labute approximate surface area is 118 Å². The molecular weight excluding hydrogens is 257 g/mol. The molecule has 1 atom stereocenters. The molecule has 2 aromatic carbocycles. The summed E-state index contributed by atoms with van der Waals surface area (Å²) < 4.78 is 12.8. The van der Waals surface area contributed by atoms with E-state index in [9.17, 15) is 4.39 Å². The van der Waals surface area contributed by atoms with Crippen LogP contribution < -0.4 is 5.73 Å². The molecule has 1 unspecified atom stereocenters. The molecule has 0 spiro atoms. The van der Waals surface area contributed by atoms with E-state index in [1.165, 1.54) is 17.7 Å². The summed E-state index contributed by atoms with van der Waals surface area (Å²) in [5.41, 5.74) is 7.20. The van der Waals surface area contributed by atoms with Crippen LogP contribution in [0.5, 0.6) is 0 Å². The molecule has 2 N–H and O–H groups in total. The highest BCUT2D eigenvalue weighted by atomic mass is 32.2.